The summed E-state index contributed by atoms with van der Waals surface area (Å²) in [7, 11) is 0. The van der Waals surface area contributed by atoms with Gasteiger partial charge in [0.1, 0.15) is 12.1 Å². The van der Waals surface area contributed by atoms with Gasteiger partial charge in [-0.3, -0.25) is 4.79 Å². The van der Waals surface area contributed by atoms with E-state index in [0.29, 0.717) is 6.54 Å². The van der Waals surface area contributed by atoms with Gasteiger partial charge >= 0.3 is 0 Å². The topological polar surface area (TPSA) is 73.0 Å². The largest absolute Gasteiger partial charge is 0.467 e. The molecule has 1 aliphatic heterocycles. The Labute approximate surface area is 120 Å². The van der Waals surface area contributed by atoms with Crippen LogP contribution in [0.4, 0.5) is 0 Å². The second-order valence-electron chi connectivity index (χ2n) is 4.71. The van der Waals surface area contributed by atoms with Gasteiger partial charge in [0.2, 0.25) is 5.91 Å². The van der Waals surface area contributed by atoms with Crippen LogP contribution in [0.3, 0.4) is 0 Å². The van der Waals surface area contributed by atoms with E-state index in [1.807, 2.05) is 16.7 Å². The molecule has 0 radical (unpaired) electrons. The van der Waals surface area contributed by atoms with Crippen molar-refractivity contribution in [2.24, 2.45) is 0 Å². The zero-order valence-electron chi connectivity index (χ0n) is 11.0. The highest BCUT2D eigenvalue weighted by Gasteiger charge is 2.24. The molecule has 0 aromatic carbocycles. The number of nitrogens with one attached hydrogen (secondary N) is 1. The van der Waals surface area contributed by atoms with Crippen molar-refractivity contribution >= 4 is 17.7 Å². The lowest BCUT2D eigenvalue weighted by molar-refractivity contribution is -0.120. The summed E-state index contributed by atoms with van der Waals surface area (Å²) >= 11 is 1.48. The number of hydrogen-bond acceptors (Lipinski definition) is 5. The second-order valence-corrected chi connectivity index (χ2v) is 5.88. The quantitative estimate of drug-likeness (QED) is 0.928. The van der Waals surface area contributed by atoms with E-state index in [4.69, 9.17) is 4.42 Å². The first-order valence-electron chi connectivity index (χ1n) is 6.67. The van der Waals surface area contributed by atoms with Gasteiger partial charge in [0.15, 0.2) is 5.16 Å². The van der Waals surface area contributed by atoms with E-state index in [1.54, 1.807) is 12.6 Å². The van der Waals surface area contributed by atoms with Crippen LogP contribution in [0.1, 0.15) is 25.0 Å². The fourth-order valence-corrected chi connectivity index (χ4v) is 3.24. The van der Waals surface area contributed by atoms with Crippen molar-refractivity contribution in [1.82, 2.24) is 20.1 Å². The number of carbonyl (C=O) groups is 1. The zero-order valence-corrected chi connectivity index (χ0v) is 11.8. The Morgan fingerprint density at radius 1 is 1.50 bits per heavy atom. The summed E-state index contributed by atoms with van der Waals surface area (Å²) < 4.78 is 7.23. The molecule has 0 saturated carbocycles. The molecule has 7 heteroatoms. The van der Waals surface area contributed by atoms with Crippen LogP contribution in [0.2, 0.25) is 0 Å². The van der Waals surface area contributed by atoms with Gasteiger partial charge in [-0.15, -0.1) is 10.2 Å². The van der Waals surface area contributed by atoms with E-state index in [1.165, 1.54) is 11.8 Å². The minimum absolute atomic E-state index is 0.0861. The highest BCUT2D eigenvalue weighted by Crippen LogP contribution is 2.26. The van der Waals surface area contributed by atoms with Gasteiger partial charge < -0.3 is 14.3 Å². The third kappa shape index (κ3) is 3.04. The summed E-state index contributed by atoms with van der Waals surface area (Å²) in [5.41, 5.74) is 0. The lowest BCUT2D eigenvalue weighted by atomic mass is 10.2. The van der Waals surface area contributed by atoms with Crippen LogP contribution in [0.25, 0.3) is 0 Å². The molecule has 0 bridgehead atoms. The first-order valence-corrected chi connectivity index (χ1v) is 7.55. The van der Waals surface area contributed by atoms with Gasteiger partial charge in [-0.2, -0.15) is 0 Å². The van der Waals surface area contributed by atoms with E-state index in [2.05, 4.69) is 15.5 Å². The number of aromatic nitrogens is 3. The van der Waals surface area contributed by atoms with Crippen molar-refractivity contribution < 1.29 is 9.21 Å². The molecule has 1 fully saturated rings. The molecule has 2 aromatic rings. The Kier molecular flexibility index (Phi) is 4.05. The second kappa shape index (κ2) is 6.13. The van der Waals surface area contributed by atoms with Gasteiger partial charge in [-0.05, 0) is 25.0 Å². The highest BCUT2D eigenvalue weighted by atomic mass is 32.2. The van der Waals surface area contributed by atoms with Crippen LogP contribution in [0.5, 0.6) is 0 Å². The molecule has 0 aliphatic carbocycles. The lowest BCUT2D eigenvalue weighted by Gasteiger charge is -2.12. The van der Waals surface area contributed by atoms with Gasteiger partial charge in [0.25, 0.3) is 0 Å². The van der Waals surface area contributed by atoms with E-state index in [0.717, 1.165) is 36.7 Å². The molecule has 106 valence electrons. The van der Waals surface area contributed by atoms with Crippen LogP contribution in [-0.4, -0.2) is 32.5 Å². The zero-order chi connectivity index (χ0) is 13.8. The minimum Gasteiger partial charge on any atom is -0.467 e. The minimum atomic E-state index is -0.0861. The Morgan fingerprint density at radius 2 is 2.45 bits per heavy atom. The summed E-state index contributed by atoms with van der Waals surface area (Å²) in [6, 6.07) is 3.76. The highest BCUT2D eigenvalue weighted by molar-refractivity contribution is 8.00. The molecular weight excluding hydrogens is 276 g/mol. The fraction of sp³-hybridized carbons (Fsp3) is 0.462. The number of amides is 1. The monoisotopic (exact) mass is 292 g/mol. The van der Waals surface area contributed by atoms with Crippen molar-refractivity contribution in [2.75, 3.05) is 6.54 Å². The molecule has 6 nitrogen and oxygen atoms in total. The number of carbonyl (C=O) groups excluding carboxylic acids is 1. The van der Waals surface area contributed by atoms with E-state index < -0.39 is 0 Å². The van der Waals surface area contributed by atoms with Gasteiger partial charge in [0.05, 0.1) is 18.1 Å². The predicted molar refractivity (Wildman–Crippen MR) is 74.3 cm³/mol. The molecular formula is C13H16N4O2S. The third-order valence-electron chi connectivity index (χ3n) is 3.22. The Morgan fingerprint density at radius 3 is 3.30 bits per heavy atom. The number of hydrogen-bond donors (Lipinski definition) is 1. The first kappa shape index (κ1) is 13.2. The third-order valence-corrected chi connectivity index (χ3v) is 4.48. The molecule has 1 saturated heterocycles. The molecule has 1 amide bonds. The van der Waals surface area contributed by atoms with Crippen molar-refractivity contribution in [2.45, 2.75) is 36.2 Å². The molecule has 2 aromatic heterocycles. The molecule has 20 heavy (non-hydrogen) atoms. The Balaban J connectivity index is 1.71. The molecule has 3 rings (SSSR count). The molecule has 1 atom stereocenters. The van der Waals surface area contributed by atoms with Crippen molar-refractivity contribution in [3.05, 3.63) is 30.5 Å². The number of furan rings is 1. The lowest BCUT2D eigenvalue weighted by Crippen LogP contribution is -2.30. The van der Waals surface area contributed by atoms with Gasteiger partial charge in [0, 0.05) is 6.54 Å². The maximum atomic E-state index is 12.0. The average molecular weight is 292 g/mol. The van der Waals surface area contributed by atoms with E-state index in [9.17, 15) is 4.79 Å². The number of nitrogens with zero attached hydrogens (tertiary/aromatic N) is 3. The van der Waals surface area contributed by atoms with Crippen molar-refractivity contribution in [3.63, 3.8) is 0 Å². The first-order chi connectivity index (χ1) is 9.83. The van der Waals surface area contributed by atoms with Gasteiger partial charge in [-0.1, -0.05) is 18.2 Å². The smallest absolute Gasteiger partial charge is 0.233 e. The molecule has 0 spiro atoms. The van der Waals surface area contributed by atoms with Gasteiger partial charge in [-0.25, -0.2) is 0 Å². The van der Waals surface area contributed by atoms with Crippen molar-refractivity contribution in [3.8, 4) is 0 Å². The summed E-state index contributed by atoms with van der Waals surface area (Å²) in [6.45, 7) is 1.35. The summed E-state index contributed by atoms with van der Waals surface area (Å²) in [5.74, 6) is 0.942. The van der Waals surface area contributed by atoms with E-state index >= 15 is 0 Å². The van der Waals surface area contributed by atoms with Crippen LogP contribution < -0.4 is 5.32 Å². The van der Waals surface area contributed by atoms with Crippen LogP contribution >= 0.6 is 11.8 Å². The Hall–Kier alpha value is -1.76. The standard InChI is InChI=1S/C13H16N4O2S/c18-12-11(5-1-2-6-14-12)20-13-16-15-9-17(13)8-10-4-3-7-19-10/h3-4,7,9,11H,1-2,5-6,8H2,(H,14,18). The molecule has 1 N–H and O–H groups in total. The number of thioether (sulfide) groups is 1. The summed E-state index contributed by atoms with van der Waals surface area (Å²) in [4.78, 5) is 12.0. The maximum Gasteiger partial charge on any atom is 0.233 e. The summed E-state index contributed by atoms with van der Waals surface area (Å²) in [5, 5.41) is 11.6. The van der Waals surface area contributed by atoms with Crippen LogP contribution in [0.15, 0.2) is 34.3 Å². The van der Waals surface area contributed by atoms with Crippen molar-refractivity contribution in [1.29, 1.82) is 0 Å². The predicted octanol–water partition coefficient (Wildman–Crippen LogP) is 1.68. The van der Waals surface area contributed by atoms with Crippen LogP contribution in [-0.2, 0) is 11.3 Å². The molecule has 1 aliphatic rings. The maximum absolute atomic E-state index is 12.0. The van der Waals surface area contributed by atoms with Crippen LogP contribution in [0, 0.1) is 0 Å². The molecule has 3 heterocycles. The number of rotatable bonds is 4. The normalized spacial score (nSPS) is 19.6. The average Bonchev–Trinajstić information content (AvgIpc) is 3.05. The molecule has 1 unspecified atom stereocenters. The summed E-state index contributed by atoms with van der Waals surface area (Å²) in [6.07, 6.45) is 6.29. The Bertz CT molecular complexity index is 567. The van der Waals surface area contributed by atoms with E-state index in [-0.39, 0.29) is 11.2 Å². The fourth-order valence-electron chi connectivity index (χ4n) is 2.17. The SMILES string of the molecule is O=C1NCCCCC1Sc1nncn1Cc1ccco1.